The van der Waals surface area contributed by atoms with Crippen LogP contribution < -0.4 is 0 Å². The van der Waals surface area contributed by atoms with E-state index >= 15 is 0 Å². The summed E-state index contributed by atoms with van der Waals surface area (Å²) in [7, 11) is 3.72. The lowest BCUT2D eigenvalue weighted by molar-refractivity contribution is -0.130. The molecule has 2 aliphatic rings. The van der Waals surface area contributed by atoms with Crippen LogP contribution in [0.3, 0.4) is 0 Å². The van der Waals surface area contributed by atoms with Crippen LogP contribution in [0.4, 0.5) is 0 Å². The van der Waals surface area contributed by atoms with Gasteiger partial charge in [0.1, 0.15) is 0 Å². The summed E-state index contributed by atoms with van der Waals surface area (Å²) in [6.45, 7) is 4.55. The molecular weight excluding hydrogens is 298 g/mol. The lowest BCUT2D eigenvalue weighted by atomic mass is 9.77. The van der Waals surface area contributed by atoms with Gasteiger partial charge in [0, 0.05) is 50.2 Å². The number of aromatic nitrogens is 1. The second-order valence-electron chi connectivity index (χ2n) is 7.79. The molecule has 3 atom stereocenters. The first-order valence-corrected chi connectivity index (χ1v) is 9.08. The third kappa shape index (κ3) is 2.53. The van der Waals surface area contributed by atoms with E-state index in [0.29, 0.717) is 24.3 Å². The average molecular weight is 325 g/mol. The zero-order valence-corrected chi connectivity index (χ0v) is 14.9. The fraction of sp³-hybridized carbons (Fsp3) is 0.550. The predicted molar refractivity (Wildman–Crippen MR) is 96.9 cm³/mol. The van der Waals surface area contributed by atoms with Crippen molar-refractivity contribution in [3.63, 3.8) is 0 Å². The summed E-state index contributed by atoms with van der Waals surface area (Å²) in [5.41, 5.74) is 4.15. The predicted octanol–water partition coefficient (Wildman–Crippen LogP) is 3.20. The molecule has 4 heteroatoms. The molecule has 0 aliphatic carbocycles. The Hall–Kier alpha value is -1.81. The maximum atomic E-state index is 12.2. The average Bonchev–Trinajstić information content (AvgIpc) is 2.94. The van der Waals surface area contributed by atoms with E-state index in [1.165, 1.54) is 22.2 Å². The van der Waals surface area contributed by atoms with Crippen molar-refractivity contribution in [2.24, 2.45) is 11.8 Å². The van der Waals surface area contributed by atoms with Gasteiger partial charge < -0.3 is 9.88 Å². The summed E-state index contributed by atoms with van der Waals surface area (Å²) in [6, 6.07) is 9.08. The first-order chi connectivity index (χ1) is 11.5. The van der Waals surface area contributed by atoms with Crippen LogP contribution >= 0.6 is 0 Å². The van der Waals surface area contributed by atoms with Gasteiger partial charge in [0.05, 0.1) is 6.04 Å². The molecular formula is C20H27N3O. The third-order valence-electron chi connectivity index (χ3n) is 6.06. The zero-order valence-electron chi connectivity index (χ0n) is 14.9. The molecule has 2 aliphatic heterocycles. The molecule has 4 nitrogen and oxygen atoms in total. The minimum Gasteiger partial charge on any atom is -0.357 e. The van der Waals surface area contributed by atoms with Crippen LogP contribution in [0.1, 0.15) is 37.1 Å². The summed E-state index contributed by atoms with van der Waals surface area (Å²) >= 11 is 0. The number of para-hydroxylation sites is 1. The second kappa shape index (κ2) is 5.92. The molecule has 4 rings (SSSR count). The van der Waals surface area contributed by atoms with Crippen molar-refractivity contribution < 1.29 is 4.79 Å². The SMILES string of the molecule is CC1CN2CCc3c([nH]c4ccccc34)C2C[C@@H]1CC(=O)N(C)C. The Labute approximate surface area is 143 Å². The topological polar surface area (TPSA) is 39.3 Å². The summed E-state index contributed by atoms with van der Waals surface area (Å²) in [6.07, 6.45) is 2.89. The number of nitrogens with one attached hydrogen (secondary N) is 1. The molecule has 2 unspecified atom stereocenters. The molecule has 0 spiro atoms. The number of H-pyrrole nitrogens is 1. The Morgan fingerprint density at radius 2 is 2.12 bits per heavy atom. The van der Waals surface area contributed by atoms with Crippen LogP contribution in [-0.2, 0) is 11.2 Å². The molecule has 0 saturated carbocycles. The Bertz CT molecular complexity index is 763. The molecule has 1 fully saturated rings. The van der Waals surface area contributed by atoms with Crippen molar-refractivity contribution in [1.82, 2.24) is 14.8 Å². The molecule has 1 N–H and O–H groups in total. The number of nitrogens with zero attached hydrogens (tertiary/aromatic N) is 2. The van der Waals surface area contributed by atoms with Gasteiger partial charge in [-0.3, -0.25) is 9.69 Å². The van der Waals surface area contributed by atoms with Crippen molar-refractivity contribution in [3.05, 3.63) is 35.5 Å². The van der Waals surface area contributed by atoms with Gasteiger partial charge in [-0.1, -0.05) is 25.1 Å². The van der Waals surface area contributed by atoms with Crippen molar-refractivity contribution >= 4 is 16.8 Å². The second-order valence-corrected chi connectivity index (χ2v) is 7.79. The molecule has 0 radical (unpaired) electrons. The highest BCUT2D eigenvalue weighted by atomic mass is 16.2. The molecule has 3 heterocycles. The molecule has 2 aromatic rings. The lowest BCUT2D eigenvalue weighted by Gasteiger charge is -2.45. The summed E-state index contributed by atoms with van der Waals surface area (Å²) in [5, 5.41) is 1.38. The van der Waals surface area contributed by atoms with Crippen molar-refractivity contribution in [3.8, 4) is 0 Å². The largest absolute Gasteiger partial charge is 0.357 e. The highest BCUT2D eigenvalue weighted by molar-refractivity contribution is 5.85. The number of carbonyl (C=O) groups excluding carboxylic acids is 1. The van der Waals surface area contributed by atoms with E-state index in [1.54, 1.807) is 4.90 Å². The van der Waals surface area contributed by atoms with E-state index in [0.717, 1.165) is 25.9 Å². The van der Waals surface area contributed by atoms with Crippen molar-refractivity contribution in [2.75, 3.05) is 27.2 Å². The van der Waals surface area contributed by atoms with Crippen LogP contribution in [0, 0.1) is 11.8 Å². The van der Waals surface area contributed by atoms with Crippen LogP contribution in [0.15, 0.2) is 24.3 Å². The first kappa shape index (κ1) is 15.7. The maximum Gasteiger partial charge on any atom is 0.222 e. The van der Waals surface area contributed by atoms with Gasteiger partial charge in [-0.25, -0.2) is 0 Å². The van der Waals surface area contributed by atoms with Gasteiger partial charge in [0.15, 0.2) is 0 Å². The zero-order chi connectivity index (χ0) is 16.8. The molecule has 24 heavy (non-hydrogen) atoms. The Balaban J connectivity index is 1.64. The highest BCUT2D eigenvalue weighted by Crippen LogP contribution is 2.43. The van der Waals surface area contributed by atoms with Crippen LogP contribution in [0.2, 0.25) is 0 Å². The quantitative estimate of drug-likeness (QED) is 0.921. The number of rotatable bonds is 2. The molecule has 1 aromatic carbocycles. The van der Waals surface area contributed by atoms with Crippen molar-refractivity contribution in [2.45, 2.75) is 32.2 Å². The van der Waals surface area contributed by atoms with E-state index in [1.807, 2.05) is 14.1 Å². The van der Waals surface area contributed by atoms with Gasteiger partial charge in [0.2, 0.25) is 5.91 Å². The normalized spacial score (nSPS) is 26.9. The number of fused-ring (bicyclic) bond motifs is 5. The number of hydrogen-bond donors (Lipinski definition) is 1. The van der Waals surface area contributed by atoms with Crippen molar-refractivity contribution in [1.29, 1.82) is 0 Å². The monoisotopic (exact) mass is 325 g/mol. The van der Waals surface area contributed by atoms with Crippen LogP contribution in [-0.4, -0.2) is 47.9 Å². The Morgan fingerprint density at radius 3 is 2.92 bits per heavy atom. The minimum atomic E-state index is 0.257. The number of benzene rings is 1. The summed E-state index contributed by atoms with van der Waals surface area (Å²) in [4.78, 5) is 20.3. The molecule has 0 bridgehead atoms. The molecule has 128 valence electrons. The third-order valence-corrected chi connectivity index (χ3v) is 6.06. The molecule has 1 saturated heterocycles. The Kier molecular flexibility index (Phi) is 3.87. The number of amides is 1. The number of hydrogen-bond acceptors (Lipinski definition) is 2. The van der Waals surface area contributed by atoms with Crippen LogP contribution in [0.5, 0.6) is 0 Å². The number of carbonyl (C=O) groups is 1. The van der Waals surface area contributed by atoms with Gasteiger partial charge in [-0.05, 0) is 36.3 Å². The standard InChI is InChI=1S/C20H27N3O/c1-13-12-23-9-8-16-15-6-4-5-7-17(15)21-20(16)18(23)10-14(13)11-19(24)22(2)3/h4-7,13-14,18,21H,8-12H2,1-3H3/t13?,14-,18?/m1/s1. The van der Waals surface area contributed by atoms with Gasteiger partial charge in [-0.2, -0.15) is 0 Å². The fourth-order valence-electron chi connectivity index (χ4n) is 4.58. The van der Waals surface area contributed by atoms with E-state index in [2.05, 4.69) is 41.1 Å². The first-order valence-electron chi connectivity index (χ1n) is 9.08. The van der Waals surface area contributed by atoms with E-state index in [4.69, 9.17) is 0 Å². The van der Waals surface area contributed by atoms with Gasteiger partial charge in [0.25, 0.3) is 0 Å². The Morgan fingerprint density at radius 1 is 1.33 bits per heavy atom. The maximum absolute atomic E-state index is 12.2. The summed E-state index contributed by atoms with van der Waals surface area (Å²) < 4.78 is 0. The summed E-state index contributed by atoms with van der Waals surface area (Å²) in [5.74, 6) is 1.31. The van der Waals surface area contributed by atoms with E-state index in [9.17, 15) is 4.79 Å². The van der Waals surface area contributed by atoms with Gasteiger partial charge >= 0.3 is 0 Å². The lowest BCUT2D eigenvalue weighted by Crippen LogP contribution is -2.46. The number of aromatic amines is 1. The molecule has 1 amide bonds. The minimum absolute atomic E-state index is 0.257. The van der Waals surface area contributed by atoms with E-state index < -0.39 is 0 Å². The smallest absolute Gasteiger partial charge is 0.222 e. The van der Waals surface area contributed by atoms with E-state index in [-0.39, 0.29) is 5.91 Å². The number of piperidine rings is 1. The molecule has 1 aromatic heterocycles. The fourth-order valence-corrected chi connectivity index (χ4v) is 4.58. The van der Waals surface area contributed by atoms with Crippen LogP contribution in [0.25, 0.3) is 10.9 Å². The van der Waals surface area contributed by atoms with Gasteiger partial charge in [-0.15, -0.1) is 0 Å². The highest BCUT2D eigenvalue weighted by Gasteiger charge is 2.39.